The summed E-state index contributed by atoms with van der Waals surface area (Å²) < 4.78 is 6.71. The third-order valence-corrected chi connectivity index (χ3v) is 4.01. The lowest BCUT2D eigenvalue weighted by molar-refractivity contribution is -0.147. The van der Waals surface area contributed by atoms with Gasteiger partial charge in [0.15, 0.2) is 5.65 Å². The van der Waals surface area contributed by atoms with Gasteiger partial charge >= 0.3 is 5.97 Å². The minimum atomic E-state index is -0.140. The number of methoxy groups -OCH3 is 1. The van der Waals surface area contributed by atoms with Crippen molar-refractivity contribution in [3.63, 3.8) is 0 Å². The number of rotatable bonds is 2. The summed E-state index contributed by atoms with van der Waals surface area (Å²) in [6.45, 7) is 0. The zero-order valence-corrected chi connectivity index (χ0v) is 11.9. The molecule has 0 aliphatic heterocycles. The average molecular weight is 295 g/mol. The Kier molecular flexibility index (Phi) is 3.56. The summed E-state index contributed by atoms with van der Waals surface area (Å²) in [6.07, 6.45) is 6.95. The lowest BCUT2D eigenvalue weighted by atomic mass is 9.86. The number of aromatic nitrogens is 4. The highest BCUT2D eigenvalue weighted by Gasteiger charge is 2.30. The maximum atomic E-state index is 11.7. The van der Waals surface area contributed by atoms with Gasteiger partial charge in [-0.3, -0.25) is 4.79 Å². The number of carbonyl (C=O) groups excluding carboxylic acids is 1. The summed E-state index contributed by atoms with van der Waals surface area (Å²) in [4.78, 5) is 19.9. The fourth-order valence-corrected chi connectivity index (χ4v) is 2.98. The quantitative estimate of drug-likeness (QED) is 0.628. The lowest BCUT2D eigenvalue weighted by Gasteiger charge is -2.27. The molecule has 2 aromatic rings. The Morgan fingerprint density at radius 1 is 1.45 bits per heavy atom. The van der Waals surface area contributed by atoms with E-state index < -0.39 is 0 Å². The van der Waals surface area contributed by atoms with Gasteiger partial charge in [0.1, 0.15) is 0 Å². The molecule has 1 saturated carbocycles. The first-order chi connectivity index (χ1) is 9.69. The van der Waals surface area contributed by atoms with Crippen molar-refractivity contribution in [1.29, 1.82) is 0 Å². The second-order valence-corrected chi connectivity index (χ2v) is 5.39. The van der Waals surface area contributed by atoms with Crippen molar-refractivity contribution in [3.8, 4) is 0 Å². The molecule has 3 rings (SSSR count). The number of ether oxygens (including phenoxy) is 1. The number of hydrogen-bond donors (Lipinski definition) is 0. The van der Waals surface area contributed by atoms with Gasteiger partial charge in [0.2, 0.25) is 5.28 Å². The topological polar surface area (TPSA) is 69.9 Å². The van der Waals surface area contributed by atoms with E-state index in [1.54, 1.807) is 12.4 Å². The molecule has 2 atom stereocenters. The van der Waals surface area contributed by atoms with Crippen molar-refractivity contribution < 1.29 is 9.53 Å². The molecule has 1 aliphatic carbocycles. The van der Waals surface area contributed by atoms with Crippen molar-refractivity contribution in [2.24, 2.45) is 5.92 Å². The van der Waals surface area contributed by atoms with Gasteiger partial charge in [-0.15, -0.1) is 0 Å². The molecule has 6 nitrogen and oxygen atoms in total. The van der Waals surface area contributed by atoms with E-state index in [0.29, 0.717) is 0 Å². The van der Waals surface area contributed by atoms with E-state index in [9.17, 15) is 4.79 Å². The normalized spacial score (nSPS) is 22.9. The monoisotopic (exact) mass is 294 g/mol. The molecule has 106 valence electrons. The smallest absolute Gasteiger partial charge is 0.308 e. The van der Waals surface area contributed by atoms with Crippen LogP contribution >= 0.6 is 11.6 Å². The van der Waals surface area contributed by atoms with Crippen LogP contribution in [-0.4, -0.2) is 32.8 Å². The molecule has 0 unspecified atom stereocenters. The molecule has 1 aliphatic rings. The van der Waals surface area contributed by atoms with Gasteiger partial charge in [0.25, 0.3) is 0 Å². The number of esters is 1. The van der Waals surface area contributed by atoms with E-state index in [-0.39, 0.29) is 23.2 Å². The van der Waals surface area contributed by atoms with Gasteiger partial charge in [-0.2, -0.15) is 10.1 Å². The van der Waals surface area contributed by atoms with E-state index in [4.69, 9.17) is 16.3 Å². The molecule has 0 N–H and O–H groups in total. The van der Waals surface area contributed by atoms with E-state index in [1.165, 1.54) is 7.11 Å². The summed E-state index contributed by atoms with van der Waals surface area (Å²) >= 11 is 5.85. The fourth-order valence-electron chi connectivity index (χ4n) is 2.85. The molecule has 20 heavy (non-hydrogen) atoms. The molecule has 0 saturated heterocycles. The summed E-state index contributed by atoms with van der Waals surface area (Å²) in [5, 5.41) is 5.45. The van der Waals surface area contributed by atoms with Crippen molar-refractivity contribution in [2.45, 2.75) is 31.7 Å². The van der Waals surface area contributed by atoms with Crippen LogP contribution in [0.5, 0.6) is 0 Å². The Balaban J connectivity index is 1.90. The molecule has 0 bridgehead atoms. The maximum absolute atomic E-state index is 11.7. The van der Waals surface area contributed by atoms with Crippen LogP contribution in [0.3, 0.4) is 0 Å². The SMILES string of the molecule is COC(=O)[C@@H]1CCC[C@@H](n2ncc3cnc(Cl)nc32)C1. The van der Waals surface area contributed by atoms with Crippen molar-refractivity contribution in [3.05, 3.63) is 17.7 Å². The van der Waals surface area contributed by atoms with Crippen molar-refractivity contribution in [2.75, 3.05) is 7.11 Å². The van der Waals surface area contributed by atoms with Gasteiger partial charge in [-0.25, -0.2) is 9.67 Å². The minimum absolute atomic E-state index is 0.0599. The first kappa shape index (κ1) is 13.3. The van der Waals surface area contributed by atoms with E-state index >= 15 is 0 Å². The number of halogens is 1. The Labute approximate surface area is 121 Å². The van der Waals surface area contributed by atoms with E-state index in [1.807, 2.05) is 4.68 Å². The third kappa shape index (κ3) is 2.35. The first-order valence-electron chi connectivity index (χ1n) is 6.62. The second kappa shape index (κ2) is 5.36. The van der Waals surface area contributed by atoms with Gasteiger partial charge in [0, 0.05) is 6.20 Å². The fraction of sp³-hybridized carbons (Fsp3) is 0.538. The third-order valence-electron chi connectivity index (χ3n) is 3.83. The first-order valence-corrected chi connectivity index (χ1v) is 7.00. The zero-order chi connectivity index (χ0) is 14.1. The molecule has 0 aromatic carbocycles. The highest BCUT2D eigenvalue weighted by molar-refractivity contribution is 6.28. The van der Waals surface area contributed by atoms with Crippen LogP contribution in [-0.2, 0) is 9.53 Å². The van der Waals surface area contributed by atoms with Crippen molar-refractivity contribution >= 4 is 28.6 Å². The molecule has 2 heterocycles. The predicted molar refractivity (Wildman–Crippen MR) is 73.3 cm³/mol. The van der Waals surface area contributed by atoms with E-state index in [0.717, 1.165) is 36.7 Å². The van der Waals surface area contributed by atoms with Gasteiger partial charge in [-0.05, 0) is 30.9 Å². The summed E-state index contributed by atoms with van der Waals surface area (Å²) in [5.41, 5.74) is 0.723. The number of carbonyl (C=O) groups is 1. The van der Waals surface area contributed by atoms with Crippen LogP contribution < -0.4 is 0 Å². The largest absolute Gasteiger partial charge is 0.469 e. The van der Waals surface area contributed by atoms with Gasteiger partial charge < -0.3 is 4.74 Å². The number of nitrogens with zero attached hydrogens (tertiary/aromatic N) is 4. The van der Waals surface area contributed by atoms with E-state index in [2.05, 4.69) is 15.1 Å². The number of hydrogen-bond acceptors (Lipinski definition) is 5. The highest BCUT2D eigenvalue weighted by atomic mass is 35.5. The summed E-state index contributed by atoms with van der Waals surface area (Å²) in [6, 6.07) is 0.149. The molecule has 0 spiro atoms. The van der Waals surface area contributed by atoms with Crippen LogP contribution in [0.2, 0.25) is 5.28 Å². The van der Waals surface area contributed by atoms with Crippen LogP contribution in [0.25, 0.3) is 11.0 Å². The van der Waals surface area contributed by atoms with Crippen LogP contribution in [0.4, 0.5) is 0 Å². The Hall–Kier alpha value is -1.69. The molecule has 1 fully saturated rings. The summed E-state index contributed by atoms with van der Waals surface area (Å²) in [5.74, 6) is -0.200. The molecular weight excluding hydrogens is 280 g/mol. The molecule has 7 heteroatoms. The molecular formula is C13H15ClN4O2. The summed E-state index contributed by atoms with van der Waals surface area (Å²) in [7, 11) is 1.43. The van der Waals surface area contributed by atoms with Crippen LogP contribution in [0.1, 0.15) is 31.7 Å². The standard InChI is InChI=1S/C13H15ClN4O2/c1-20-12(19)8-3-2-4-10(5-8)18-11-9(7-16-18)6-15-13(14)17-11/h6-8,10H,2-5H2,1H3/t8-,10-/m1/s1. The van der Waals surface area contributed by atoms with Crippen molar-refractivity contribution in [1.82, 2.24) is 19.7 Å². The van der Waals surface area contributed by atoms with Crippen LogP contribution in [0, 0.1) is 5.92 Å². The Morgan fingerprint density at radius 3 is 3.10 bits per heavy atom. The number of fused-ring (bicyclic) bond motifs is 1. The molecule has 0 amide bonds. The van der Waals surface area contributed by atoms with Crippen LogP contribution in [0.15, 0.2) is 12.4 Å². The van der Waals surface area contributed by atoms with Gasteiger partial charge in [0.05, 0.1) is 30.7 Å². The maximum Gasteiger partial charge on any atom is 0.308 e. The average Bonchev–Trinajstić information content (AvgIpc) is 2.89. The Bertz CT molecular complexity index is 642. The Morgan fingerprint density at radius 2 is 2.30 bits per heavy atom. The second-order valence-electron chi connectivity index (χ2n) is 5.05. The highest BCUT2D eigenvalue weighted by Crippen LogP contribution is 2.34. The minimum Gasteiger partial charge on any atom is -0.469 e. The van der Waals surface area contributed by atoms with Gasteiger partial charge in [-0.1, -0.05) is 6.42 Å². The molecule has 0 radical (unpaired) electrons. The zero-order valence-electron chi connectivity index (χ0n) is 11.1. The molecule has 2 aromatic heterocycles. The predicted octanol–water partition coefficient (Wildman–Crippen LogP) is 2.38. The lowest BCUT2D eigenvalue weighted by Crippen LogP contribution is -2.26.